The zero-order valence-electron chi connectivity index (χ0n) is 19.0. The van der Waals surface area contributed by atoms with Crippen LogP contribution in [0.5, 0.6) is 0 Å². The van der Waals surface area contributed by atoms with E-state index in [-0.39, 0.29) is 17.7 Å². The number of aromatic amines is 2. The maximum absolute atomic E-state index is 13.0. The predicted octanol–water partition coefficient (Wildman–Crippen LogP) is 0.885. The molecule has 1 saturated heterocycles. The van der Waals surface area contributed by atoms with E-state index >= 15 is 0 Å². The van der Waals surface area contributed by atoms with Crippen LogP contribution in [0.4, 0.5) is 5.82 Å². The maximum Gasteiger partial charge on any atom is 0.323 e. The molecule has 0 atom stereocenters. The Morgan fingerprint density at radius 1 is 1.23 bits per heavy atom. The molecular formula is C24H25N7O3S. The molecule has 0 bridgehead atoms. The zero-order valence-corrected chi connectivity index (χ0v) is 19.8. The molecule has 10 nitrogen and oxygen atoms in total. The fourth-order valence-corrected chi connectivity index (χ4v) is 5.21. The van der Waals surface area contributed by atoms with Gasteiger partial charge in [0, 0.05) is 30.8 Å². The summed E-state index contributed by atoms with van der Waals surface area (Å²) < 4.78 is 1.76. The van der Waals surface area contributed by atoms with Crippen LogP contribution < -0.4 is 21.7 Å². The van der Waals surface area contributed by atoms with Crippen LogP contribution in [0.1, 0.15) is 40.9 Å². The Morgan fingerprint density at radius 3 is 2.74 bits per heavy atom. The SMILES string of the molecule is C=c1[nH]c(=O)[nH]/c1=C\c1cnn2c(NC3CC3)cc(-c3ccc(C(=O)N4CCC(O)CC4)s3)nc12. The molecule has 4 N–H and O–H groups in total. The number of nitrogens with one attached hydrogen (secondary N) is 3. The van der Waals surface area contributed by atoms with Gasteiger partial charge in [-0.2, -0.15) is 9.61 Å². The number of rotatable bonds is 5. The molecule has 0 unspecified atom stereocenters. The number of aliphatic hydroxyl groups is 1. The Hall–Kier alpha value is -3.70. The second-order valence-corrected chi connectivity index (χ2v) is 10.2. The van der Waals surface area contributed by atoms with Crippen molar-refractivity contribution in [2.45, 2.75) is 37.8 Å². The van der Waals surface area contributed by atoms with E-state index in [0.29, 0.717) is 53.2 Å². The first-order valence-electron chi connectivity index (χ1n) is 11.7. The molecule has 4 aromatic rings. The first kappa shape index (κ1) is 21.8. The number of likely N-dealkylation sites (tertiary alicyclic amines) is 1. The first-order chi connectivity index (χ1) is 16.9. The molecule has 1 aliphatic heterocycles. The van der Waals surface area contributed by atoms with Gasteiger partial charge in [0.1, 0.15) is 5.82 Å². The summed E-state index contributed by atoms with van der Waals surface area (Å²) in [6, 6.07) is 6.14. The van der Waals surface area contributed by atoms with E-state index in [9.17, 15) is 14.7 Å². The Labute approximate surface area is 203 Å². The van der Waals surface area contributed by atoms with Crippen molar-refractivity contribution in [2.75, 3.05) is 18.4 Å². The summed E-state index contributed by atoms with van der Waals surface area (Å²) in [6.07, 6.45) is 6.63. The molecule has 1 amide bonds. The molecule has 0 spiro atoms. The number of fused-ring (bicyclic) bond motifs is 1. The number of aromatic nitrogens is 5. The van der Waals surface area contributed by atoms with Gasteiger partial charge in [-0.1, -0.05) is 6.58 Å². The molecule has 6 rings (SSSR count). The molecule has 5 heterocycles. The summed E-state index contributed by atoms with van der Waals surface area (Å²) in [5.74, 6) is 0.819. The van der Waals surface area contributed by atoms with Crippen LogP contribution in [0.3, 0.4) is 0 Å². The first-order valence-corrected chi connectivity index (χ1v) is 12.5. The summed E-state index contributed by atoms with van der Waals surface area (Å²) in [4.78, 5) is 38.2. The average Bonchev–Trinajstić information content (AvgIpc) is 3.23. The Bertz CT molecular complexity index is 1580. The van der Waals surface area contributed by atoms with Gasteiger partial charge in [-0.05, 0) is 43.9 Å². The minimum Gasteiger partial charge on any atom is -0.393 e. The number of carbonyl (C=O) groups excluding carboxylic acids is 1. The number of H-pyrrole nitrogens is 2. The number of piperidine rings is 1. The third-order valence-electron chi connectivity index (χ3n) is 6.39. The smallest absolute Gasteiger partial charge is 0.323 e. The highest BCUT2D eigenvalue weighted by atomic mass is 32.1. The van der Waals surface area contributed by atoms with Crippen molar-refractivity contribution in [3.8, 4) is 10.6 Å². The summed E-state index contributed by atoms with van der Waals surface area (Å²) in [7, 11) is 0. The van der Waals surface area contributed by atoms with Gasteiger partial charge in [0.05, 0.1) is 38.4 Å². The molecule has 11 heteroatoms. The lowest BCUT2D eigenvalue weighted by Crippen LogP contribution is -2.39. The Balaban J connectivity index is 1.40. The molecule has 0 radical (unpaired) electrons. The lowest BCUT2D eigenvalue weighted by molar-refractivity contribution is 0.0550. The van der Waals surface area contributed by atoms with Crippen molar-refractivity contribution in [3.63, 3.8) is 0 Å². The molecule has 0 aromatic carbocycles. The predicted molar refractivity (Wildman–Crippen MR) is 134 cm³/mol. The van der Waals surface area contributed by atoms with Crippen molar-refractivity contribution in [3.05, 3.63) is 56.0 Å². The van der Waals surface area contributed by atoms with Crippen molar-refractivity contribution in [1.82, 2.24) is 29.5 Å². The molecule has 180 valence electrons. The molecule has 35 heavy (non-hydrogen) atoms. The second kappa shape index (κ2) is 8.51. The van der Waals surface area contributed by atoms with Crippen LogP contribution in [0, 0.1) is 0 Å². The zero-order chi connectivity index (χ0) is 24.1. The van der Waals surface area contributed by atoms with Gasteiger partial charge in [-0.3, -0.25) is 4.79 Å². The lowest BCUT2D eigenvalue weighted by Gasteiger charge is -2.29. The van der Waals surface area contributed by atoms with Crippen LogP contribution >= 0.6 is 11.3 Å². The number of hydrogen-bond acceptors (Lipinski definition) is 7. The largest absolute Gasteiger partial charge is 0.393 e. The van der Waals surface area contributed by atoms with Crippen LogP contribution in [0.2, 0.25) is 0 Å². The number of imidazole rings is 1. The molecule has 4 aromatic heterocycles. The summed E-state index contributed by atoms with van der Waals surface area (Å²) in [5.41, 5.74) is 1.80. The van der Waals surface area contributed by atoms with Gasteiger partial charge in [-0.15, -0.1) is 11.3 Å². The normalized spacial score (nSPS) is 17.4. The minimum atomic E-state index is -0.323. The van der Waals surface area contributed by atoms with Crippen LogP contribution in [0.15, 0.2) is 29.2 Å². The number of hydrogen-bond donors (Lipinski definition) is 4. The third kappa shape index (κ3) is 4.28. The monoisotopic (exact) mass is 491 g/mol. The van der Waals surface area contributed by atoms with E-state index in [2.05, 4.69) is 27.0 Å². The van der Waals surface area contributed by atoms with E-state index in [4.69, 9.17) is 4.98 Å². The fourth-order valence-electron chi connectivity index (χ4n) is 4.27. The maximum atomic E-state index is 13.0. The third-order valence-corrected chi connectivity index (χ3v) is 7.48. The summed E-state index contributed by atoms with van der Waals surface area (Å²) in [6.45, 7) is 5.00. The van der Waals surface area contributed by atoms with E-state index < -0.39 is 0 Å². The number of thiophene rings is 1. The van der Waals surface area contributed by atoms with Crippen LogP contribution in [-0.4, -0.2) is 65.7 Å². The van der Waals surface area contributed by atoms with Gasteiger partial charge in [-0.25, -0.2) is 9.78 Å². The van der Waals surface area contributed by atoms with Gasteiger partial charge < -0.3 is 25.3 Å². The van der Waals surface area contributed by atoms with E-state index in [1.165, 1.54) is 11.3 Å². The molecule has 2 fully saturated rings. The van der Waals surface area contributed by atoms with Crippen LogP contribution in [0.25, 0.3) is 28.9 Å². The number of aliphatic hydroxyl groups excluding tert-OH is 1. The van der Waals surface area contributed by atoms with E-state index in [0.717, 1.165) is 34.8 Å². The standard InChI is InChI=1S/C24H25N7O3S/c1-13-17(29-24(34)26-13)10-14-12-25-31-21(27-15-2-3-15)11-18(28-22(14)31)19-4-5-20(35-19)23(33)30-8-6-16(32)7-9-30/h4-5,10-12,15-16,27,32H,1-3,6-9H2,(H2,26,29,34)/b17-10-. The number of amides is 1. The van der Waals surface area contributed by atoms with Gasteiger partial charge >= 0.3 is 5.69 Å². The number of nitrogens with zero attached hydrogens (tertiary/aromatic N) is 4. The van der Waals surface area contributed by atoms with Crippen molar-refractivity contribution < 1.29 is 9.90 Å². The van der Waals surface area contributed by atoms with Gasteiger partial charge in [0.15, 0.2) is 5.65 Å². The highest BCUT2D eigenvalue weighted by Gasteiger charge is 2.25. The molecule has 1 saturated carbocycles. The quantitative estimate of drug-likeness (QED) is 0.328. The van der Waals surface area contributed by atoms with E-state index in [1.54, 1.807) is 21.7 Å². The Morgan fingerprint density at radius 2 is 2.03 bits per heavy atom. The summed E-state index contributed by atoms with van der Waals surface area (Å²) >= 11 is 1.41. The summed E-state index contributed by atoms with van der Waals surface area (Å²) in [5, 5.41) is 18.9. The molecule has 2 aliphatic rings. The number of carbonyl (C=O) groups is 1. The molecular weight excluding hydrogens is 466 g/mol. The highest BCUT2D eigenvalue weighted by Crippen LogP contribution is 2.32. The van der Waals surface area contributed by atoms with E-state index in [1.807, 2.05) is 18.2 Å². The van der Waals surface area contributed by atoms with Gasteiger partial charge in [0.2, 0.25) is 0 Å². The topological polar surface area (TPSA) is 131 Å². The minimum absolute atomic E-state index is 0.0108. The van der Waals surface area contributed by atoms with Crippen molar-refractivity contribution in [2.24, 2.45) is 0 Å². The average molecular weight is 492 g/mol. The number of anilines is 1. The molecule has 1 aliphatic carbocycles. The Kier molecular flexibility index (Phi) is 5.30. The van der Waals surface area contributed by atoms with Crippen molar-refractivity contribution >= 4 is 41.4 Å². The lowest BCUT2D eigenvalue weighted by atomic mass is 10.1. The van der Waals surface area contributed by atoms with Gasteiger partial charge in [0.25, 0.3) is 5.91 Å². The highest BCUT2D eigenvalue weighted by molar-refractivity contribution is 7.17. The fraction of sp³-hybridized carbons (Fsp3) is 0.333. The van der Waals surface area contributed by atoms with Crippen LogP contribution in [-0.2, 0) is 0 Å². The van der Waals surface area contributed by atoms with Crippen molar-refractivity contribution in [1.29, 1.82) is 0 Å². The second-order valence-electron chi connectivity index (χ2n) is 9.08.